The van der Waals surface area contributed by atoms with Crippen molar-refractivity contribution in [3.63, 3.8) is 0 Å². The van der Waals surface area contributed by atoms with Gasteiger partial charge in [-0.3, -0.25) is 0 Å². The van der Waals surface area contributed by atoms with E-state index in [0.717, 1.165) is 12.1 Å². The first kappa shape index (κ1) is 18.9. The Bertz CT molecular complexity index is 714. The van der Waals surface area contributed by atoms with Gasteiger partial charge in [-0.15, -0.1) is 26.3 Å². The van der Waals surface area contributed by atoms with Gasteiger partial charge in [0.15, 0.2) is 0 Å². The highest BCUT2D eigenvalue weighted by Gasteiger charge is 2.34. The van der Waals surface area contributed by atoms with E-state index >= 15 is 0 Å². The number of alkyl halides is 6. The van der Waals surface area contributed by atoms with Gasteiger partial charge in [-0.25, -0.2) is 0 Å². The van der Waals surface area contributed by atoms with Crippen molar-refractivity contribution >= 4 is 0 Å². The van der Waals surface area contributed by atoms with Gasteiger partial charge < -0.3 is 15.2 Å². The molecular formula is C16H13F6NO2. The SMILES string of the molecule is N[C@@H](Cc1ccccc1OC(F)(F)F)c1ccccc1OC(F)(F)F. The second kappa shape index (κ2) is 7.22. The number of hydrogen-bond donors (Lipinski definition) is 1. The topological polar surface area (TPSA) is 44.5 Å². The minimum absolute atomic E-state index is 0.0154. The molecule has 9 heteroatoms. The molecule has 0 bridgehead atoms. The Morgan fingerprint density at radius 1 is 0.760 bits per heavy atom. The number of halogens is 6. The maximum absolute atomic E-state index is 12.5. The molecular weight excluding hydrogens is 352 g/mol. The molecule has 0 aromatic heterocycles. The lowest BCUT2D eigenvalue weighted by Crippen LogP contribution is -2.22. The van der Waals surface area contributed by atoms with Crippen molar-refractivity contribution in [3.8, 4) is 11.5 Å². The van der Waals surface area contributed by atoms with E-state index in [-0.39, 0.29) is 17.5 Å². The Labute approximate surface area is 139 Å². The minimum atomic E-state index is -4.91. The van der Waals surface area contributed by atoms with Crippen LogP contribution in [0.5, 0.6) is 11.5 Å². The van der Waals surface area contributed by atoms with E-state index < -0.39 is 30.3 Å². The maximum atomic E-state index is 12.5. The van der Waals surface area contributed by atoms with E-state index in [4.69, 9.17) is 5.73 Å². The Balaban J connectivity index is 2.25. The molecule has 2 aromatic carbocycles. The second-order valence-electron chi connectivity index (χ2n) is 5.05. The molecule has 2 rings (SSSR count). The van der Waals surface area contributed by atoms with Crippen LogP contribution in [-0.2, 0) is 6.42 Å². The largest absolute Gasteiger partial charge is 0.573 e. The van der Waals surface area contributed by atoms with E-state index in [0.29, 0.717) is 0 Å². The number of benzene rings is 2. The van der Waals surface area contributed by atoms with E-state index in [1.165, 1.54) is 36.4 Å². The second-order valence-corrected chi connectivity index (χ2v) is 5.05. The van der Waals surface area contributed by atoms with Gasteiger partial charge in [-0.2, -0.15) is 0 Å². The predicted molar refractivity (Wildman–Crippen MR) is 76.9 cm³/mol. The van der Waals surface area contributed by atoms with Gasteiger partial charge >= 0.3 is 12.7 Å². The predicted octanol–water partition coefficient (Wildman–Crippen LogP) is 4.73. The molecule has 0 amide bonds. The summed E-state index contributed by atoms with van der Waals surface area (Å²) in [6.45, 7) is 0. The van der Waals surface area contributed by atoms with Crippen molar-refractivity contribution in [2.24, 2.45) is 5.73 Å². The summed E-state index contributed by atoms with van der Waals surface area (Å²) in [5, 5.41) is 0. The van der Waals surface area contributed by atoms with Gasteiger partial charge in [0.25, 0.3) is 0 Å². The van der Waals surface area contributed by atoms with Crippen LogP contribution in [0.3, 0.4) is 0 Å². The number of para-hydroxylation sites is 2. The molecule has 0 spiro atoms. The van der Waals surface area contributed by atoms with Crippen LogP contribution in [0.25, 0.3) is 0 Å². The van der Waals surface area contributed by atoms with Crippen LogP contribution in [0.4, 0.5) is 26.3 Å². The summed E-state index contributed by atoms with van der Waals surface area (Å²) in [4.78, 5) is 0. The van der Waals surface area contributed by atoms with Gasteiger partial charge in [0.05, 0.1) is 0 Å². The van der Waals surface area contributed by atoms with Crippen molar-refractivity contribution in [2.75, 3.05) is 0 Å². The van der Waals surface area contributed by atoms with Crippen LogP contribution in [0.2, 0.25) is 0 Å². The first-order valence-electron chi connectivity index (χ1n) is 6.99. The molecule has 0 saturated carbocycles. The Kier molecular flexibility index (Phi) is 5.46. The van der Waals surface area contributed by atoms with Crippen molar-refractivity contribution in [2.45, 2.75) is 25.2 Å². The smallest absolute Gasteiger partial charge is 0.406 e. The molecule has 136 valence electrons. The number of rotatable bonds is 5. The highest BCUT2D eigenvalue weighted by molar-refractivity contribution is 5.39. The highest BCUT2D eigenvalue weighted by Crippen LogP contribution is 2.33. The molecule has 0 saturated heterocycles. The van der Waals surface area contributed by atoms with Crippen molar-refractivity contribution in [1.29, 1.82) is 0 Å². The fraction of sp³-hybridized carbons (Fsp3) is 0.250. The average Bonchev–Trinajstić information content (AvgIpc) is 2.46. The first-order valence-corrected chi connectivity index (χ1v) is 6.99. The van der Waals surface area contributed by atoms with Crippen molar-refractivity contribution < 1.29 is 35.8 Å². The monoisotopic (exact) mass is 365 g/mol. The Morgan fingerprint density at radius 3 is 1.84 bits per heavy atom. The summed E-state index contributed by atoms with van der Waals surface area (Å²) in [5.41, 5.74) is 6.02. The summed E-state index contributed by atoms with van der Waals surface area (Å²) < 4.78 is 82.5. The van der Waals surface area contributed by atoms with Gasteiger partial charge in [0, 0.05) is 11.6 Å². The third kappa shape index (κ3) is 5.86. The number of nitrogens with two attached hydrogens (primary N) is 1. The molecule has 3 nitrogen and oxygen atoms in total. The highest BCUT2D eigenvalue weighted by atomic mass is 19.4. The van der Waals surface area contributed by atoms with E-state index in [1.54, 1.807) is 0 Å². The lowest BCUT2D eigenvalue weighted by Gasteiger charge is -2.19. The quantitative estimate of drug-likeness (QED) is 0.780. The minimum Gasteiger partial charge on any atom is -0.406 e. The molecule has 0 fully saturated rings. The number of ether oxygens (including phenoxy) is 2. The Morgan fingerprint density at radius 2 is 1.24 bits per heavy atom. The third-order valence-electron chi connectivity index (χ3n) is 3.18. The lowest BCUT2D eigenvalue weighted by atomic mass is 9.98. The van der Waals surface area contributed by atoms with E-state index in [9.17, 15) is 26.3 Å². The standard InChI is InChI=1S/C16H13F6NO2/c17-15(18,19)24-13-7-3-1-5-10(13)9-12(23)11-6-2-4-8-14(11)25-16(20,21)22/h1-8,12H,9,23H2/t12-/m0/s1. The van der Waals surface area contributed by atoms with Crippen LogP contribution in [0, 0.1) is 0 Å². The molecule has 2 aromatic rings. The summed E-state index contributed by atoms with van der Waals surface area (Å²) in [7, 11) is 0. The zero-order valence-electron chi connectivity index (χ0n) is 12.6. The molecule has 0 aliphatic heterocycles. The fourth-order valence-electron chi connectivity index (χ4n) is 2.25. The van der Waals surface area contributed by atoms with Crippen LogP contribution >= 0.6 is 0 Å². The molecule has 0 radical (unpaired) electrons. The molecule has 1 atom stereocenters. The normalized spacial score (nSPS) is 13.4. The summed E-state index contributed by atoms with van der Waals surface area (Å²) >= 11 is 0. The van der Waals surface area contributed by atoms with Crippen molar-refractivity contribution in [1.82, 2.24) is 0 Å². The van der Waals surface area contributed by atoms with Gasteiger partial charge in [0.2, 0.25) is 0 Å². The number of hydrogen-bond acceptors (Lipinski definition) is 3. The van der Waals surface area contributed by atoms with E-state index in [1.807, 2.05) is 0 Å². The van der Waals surface area contributed by atoms with E-state index in [2.05, 4.69) is 9.47 Å². The third-order valence-corrected chi connectivity index (χ3v) is 3.18. The molecule has 0 heterocycles. The van der Waals surface area contributed by atoms with Gasteiger partial charge in [0.1, 0.15) is 11.5 Å². The lowest BCUT2D eigenvalue weighted by molar-refractivity contribution is -0.276. The van der Waals surface area contributed by atoms with Crippen LogP contribution in [-0.4, -0.2) is 12.7 Å². The molecule has 2 N–H and O–H groups in total. The molecule has 0 unspecified atom stereocenters. The van der Waals surface area contributed by atoms with Gasteiger partial charge in [-0.1, -0.05) is 36.4 Å². The van der Waals surface area contributed by atoms with Crippen LogP contribution < -0.4 is 15.2 Å². The van der Waals surface area contributed by atoms with Crippen LogP contribution in [0.1, 0.15) is 17.2 Å². The average molecular weight is 365 g/mol. The van der Waals surface area contributed by atoms with Crippen LogP contribution in [0.15, 0.2) is 48.5 Å². The zero-order chi connectivity index (χ0) is 18.7. The first-order chi connectivity index (χ1) is 11.6. The molecule has 0 aliphatic rings. The molecule has 25 heavy (non-hydrogen) atoms. The Hall–Kier alpha value is -2.42. The maximum Gasteiger partial charge on any atom is 0.573 e. The zero-order valence-corrected chi connectivity index (χ0v) is 12.6. The summed E-state index contributed by atoms with van der Waals surface area (Å²) in [5.74, 6) is -0.962. The van der Waals surface area contributed by atoms with Crippen molar-refractivity contribution in [3.05, 3.63) is 59.7 Å². The summed E-state index contributed by atoms with van der Waals surface area (Å²) in [6.07, 6.45) is -9.98. The van der Waals surface area contributed by atoms with Gasteiger partial charge in [-0.05, 0) is 24.1 Å². The summed E-state index contributed by atoms with van der Waals surface area (Å²) in [6, 6.07) is 9.44. The molecule has 0 aliphatic carbocycles. The fourth-order valence-corrected chi connectivity index (χ4v) is 2.25.